The number of carbonyl (C=O) groups is 1. The van der Waals surface area contributed by atoms with Crippen LogP contribution in [-0.4, -0.2) is 28.4 Å². The van der Waals surface area contributed by atoms with Gasteiger partial charge in [-0.2, -0.15) is 0 Å². The maximum atomic E-state index is 12.0. The highest BCUT2D eigenvalue weighted by Crippen LogP contribution is 2.25. The summed E-state index contributed by atoms with van der Waals surface area (Å²) in [5.41, 5.74) is 3.12. The van der Waals surface area contributed by atoms with Gasteiger partial charge in [0, 0.05) is 12.2 Å². The first-order chi connectivity index (χ1) is 10.6. The maximum absolute atomic E-state index is 12.0. The molecule has 0 radical (unpaired) electrons. The van der Waals surface area contributed by atoms with E-state index >= 15 is 0 Å². The molecule has 0 bridgehead atoms. The number of amides is 1. The largest absolute Gasteiger partial charge is 0.360 e. The molecule has 0 saturated carbocycles. The molecule has 2 rings (SSSR count). The van der Waals surface area contributed by atoms with Crippen LogP contribution >= 0.6 is 23.1 Å². The Balaban J connectivity index is 1.83. The van der Waals surface area contributed by atoms with Crippen molar-refractivity contribution in [2.75, 3.05) is 22.9 Å². The molecule has 22 heavy (non-hydrogen) atoms. The molecule has 118 valence electrons. The minimum absolute atomic E-state index is 0.0322. The quantitative estimate of drug-likeness (QED) is 0.755. The molecule has 1 aromatic carbocycles. The molecule has 2 N–H and O–H groups in total. The van der Waals surface area contributed by atoms with E-state index in [1.54, 1.807) is 0 Å². The molecule has 1 amide bonds. The summed E-state index contributed by atoms with van der Waals surface area (Å²) in [6.45, 7) is 7.01. The molecule has 0 aliphatic carbocycles. The predicted molar refractivity (Wildman–Crippen MR) is 94.0 cm³/mol. The van der Waals surface area contributed by atoms with Crippen LogP contribution in [-0.2, 0) is 4.79 Å². The minimum Gasteiger partial charge on any atom is -0.360 e. The topological polar surface area (TPSA) is 66.9 Å². The van der Waals surface area contributed by atoms with Gasteiger partial charge in [-0.3, -0.25) is 4.79 Å². The Morgan fingerprint density at radius 2 is 2.14 bits per heavy atom. The SMILES string of the molecule is CCCNc1nnc(SCC(=O)Nc2ccc(C)cc2C)s1. The highest BCUT2D eigenvalue weighted by molar-refractivity contribution is 8.01. The van der Waals surface area contributed by atoms with E-state index in [1.165, 1.54) is 28.7 Å². The second-order valence-electron chi connectivity index (χ2n) is 4.96. The average Bonchev–Trinajstić information content (AvgIpc) is 2.94. The van der Waals surface area contributed by atoms with Crippen molar-refractivity contribution in [2.24, 2.45) is 0 Å². The zero-order valence-corrected chi connectivity index (χ0v) is 14.6. The fourth-order valence-electron chi connectivity index (χ4n) is 1.84. The summed E-state index contributed by atoms with van der Waals surface area (Å²) in [5.74, 6) is 0.297. The molecule has 0 aliphatic rings. The van der Waals surface area contributed by atoms with Crippen molar-refractivity contribution >= 4 is 39.8 Å². The van der Waals surface area contributed by atoms with Crippen LogP contribution in [0.5, 0.6) is 0 Å². The highest BCUT2D eigenvalue weighted by Gasteiger charge is 2.09. The monoisotopic (exact) mass is 336 g/mol. The minimum atomic E-state index is -0.0322. The lowest BCUT2D eigenvalue weighted by atomic mass is 10.1. The van der Waals surface area contributed by atoms with Crippen molar-refractivity contribution in [1.82, 2.24) is 10.2 Å². The van der Waals surface area contributed by atoms with Gasteiger partial charge in [-0.1, -0.05) is 47.7 Å². The molecule has 1 aromatic heterocycles. The lowest BCUT2D eigenvalue weighted by Crippen LogP contribution is -2.14. The number of rotatable bonds is 7. The highest BCUT2D eigenvalue weighted by atomic mass is 32.2. The molecule has 7 heteroatoms. The second kappa shape index (κ2) is 8.14. The molecular weight excluding hydrogens is 316 g/mol. The Hall–Kier alpha value is -1.60. The summed E-state index contributed by atoms with van der Waals surface area (Å²) in [7, 11) is 0. The lowest BCUT2D eigenvalue weighted by Gasteiger charge is -2.08. The van der Waals surface area contributed by atoms with Gasteiger partial charge in [0.2, 0.25) is 11.0 Å². The first-order valence-electron chi connectivity index (χ1n) is 7.15. The summed E-state index contributed by atoms with van der Waals surface area (Å²) >= 11 is 2.88. The number of thioether (sulfide) groups is 1. The van der Waals surface area contributed by atoms with Crippen LogP contribution in [0.4, 0.5) is 10.8 Å². The Morgan fingerprint density at radius 1 is 1.32 bits per heavy atom. The number of aromatic nitrogens is 2. The number of anilines is 2. The Bertz CT molecular complexity index is 642. The molecule has 0 unspecified atom stereocenters. The third kappa shape index (κ3) is 4.99. The number of hydrogen-bond acceptors (Lipinski definition) is 6. The van der Waals surface area contributed by atoms with Gasteiger partial charge in [-0.25, -0.2) is 0 Å². The van der Waals surface area contributed by atoms with E-state index in [1.807, 2.05) is 26.0 Å². The number of carbonyl (C=O) groups excluding carboxylic acids is 1. The molecule has 0 saturated heterocycles. The lowest BCUT2D eigenvalue weighted by molar-refractivity contribution is -0.113. The number of hydrogen-bond donors (Lipinski definition) is 2. The standard InChI is InChI=1S/C15H20N4OS2/c1-4-7-16-14-18-19-15(22-14)21-9-13(20)17-12-6-5-10(2)8-11(12)3/h5-6,8H,4,7,9H2,1-3H3,(H,16,18)(H,17,20). The molecule has 0 fully saturated rings. The van der Waals surface area contributed by atoms with Crippen molar-refractivity contribution in [3.05, 3.63) is 29.3 Å². The van der Waals surface area contributed by atoms with E-state index in [9.17, 15) is 4.79 Å². The molecular formula is C15H20N4OS2. The van der Waals surface area contributed by atoms with Crippen LogP contribution in [0.2, 0.25) is 0 Å². The van der Waals surface area contributed by atoms with Gasteiger partial charge in [-0.15, -0.1) is 10.2 Å². The summed E-state index contributed by atoms with van der Waals surface area (Å²) in [6, 6.07) is 5.98. The fourth-order valence-corrected chi connectivity index (χ4v) is 3.42. The van der Waals surface area contributed by atoms with Gasteiger partial charge >= 0.3 is 0 Å². The van der Waals surface area contributed by atoms with E-state index in [0.717, 1.165) is 33.7 Å². The van der Waals surface area contributed by atoms with E-state index in [2.05, 4.69) is 33.8 Å². The van der Waals surface area contributed by atoms with E-state index in [4.69, 9.17) is 0 Å². The first kappa shape index (κ1) is 16.8. The summed E-state index contributed by atoms with van der Waals surface area (Å²) < 4.78 is 0.800. The van der Waals surface area contributed by atoms with Gasteiger partial charge in [0.1, 0.15) is 0 Å². The fraction of sp³-hybridized carbons (Fsp3) is 0.400. The summed E-state index contributed by atoms with van der Waals surface area (Å²) in [4.78, 5) is 12.0. The molecule has 1 heterocycles. The van der Waals surface area contributed by atoms with E-state index in [0.29, 0.717) is 5.75 Å². The van der Waals surface area contributed by atoms with Crippen LogP contribution in [0.1, 0.15) is 24.5 Å². The number of aryl methyl sites for hydroxylation is 2. The first-order valence-corrected chi connectivity index (χ1v) is 8.96. The second-order valence-corrected chi connectivity index (χ2v) is 7.16. The Labute approximate surface area is 138 Å². The average molecular weight is 336 g/mol. The third-order valence-corrected chi connectivity index (χ3v) is 4.93. The van der Waals surface area contributed by atoms with Crippen molar-refractivity contribution in [1.29, 1.82) is 0 Å². The number of benzene rings is 1. The molecule has 0 atom stereocenters. The predicted octanol–water partition coefficient (Wildman–Crippen LogP) is 3.71. The number of nitrogens with zero attached hydrogens (tertiary/aromatic N) is 2. The van der Waals surface area contributed by atoms with Crippen molar-refractivity contribution in [3.63, 3.8) is 0 Å². The smallest absolute Gasteiger partial charge is 0.234 e. The van der Waals surface area contributed by atoms with Gasteiger partial charge in [-0.05, 0) is 31.9 Å². The summed E-state index contributed by atoms with van der Waals surface area (Å²) in [5, 5.41) is 15.0. The molecule has 0 spiro atoms. The van der Waals surface area contributed by atoms with Gasteiger partial charge in [0.05, 0.1) is 5.75 Å². The maximum Gasteiger partial charge on any atom is 0.234 e. The molecule has 5 nitrogen and oxygen atoms in total. The van der Waals surface area contributed by atoms with E-state index < -0.39 is 0 Å². The molecule has 2 aromatic rings. The van der Waals surface area contributed by atoms with Gasteiger partial charge < -0.3 is 10.6 Å². The Morgan fingerprint density at radius 3 is 2.86 bits per heavy atom. The number of nitrogens with one attached hydrogen (secondary N) is 2. The Kier molecular flexibility index (Phi) is 6.21. The normalized spacial score (nSPS) is 10.5. The summed E-state index contributed by atoms with van der Waals surface area (Å²) in [6.07, 6.45) is 1.04. The van der Waals surface area contributed by atoms with Crippen molar-refractivity contribution < 1.29 is 4.79 Å². The van der Waals surface area contributed by atoms with Gasteiger partial charge in [0.15, 0.2) is 4.34 Å². The van der Waals surface area contributed by atoms with Crippen molar-refractivity contribution in [2.45, 2.75) is 31.5 Å². The van der Waals surface area contributed by atoms with Crippen LogP contribution in [0.25, 0.3) is 0 Å². The van der Waals surface area contributed by atoms with Crippen LogP contribution in [0.3, 0.4) is 0 Å². The van der Waals surface area contributed by atoms with Crippen LogP contribution < -0.4 is 10.6 Å². The van der Waals surface area contributed by atoms with Gasteiger partial charge in [0.25, 0.3) is 0 Å². The molecule has 0 aliphatic heterocycles. The zero-order valence-electron chi connectivity index (χ0n) is 13.0. The van der Waals surface area contributed by atoms with Crippen molar-refractivity contribution in [3.8, 4) is 0 Å². The van der Waals surface area contributed by atoms with E-state index in [-0.39, 0.29) is 5.91 Å². The zero-order chi connectivity index (χ0) is 15.9. The third-order valence-electron chi connectivity index (χ3n) is 2.92. The van der Waals surface area contributed by atoms with Crippen LogP contribution in [0, 0.1) is 13.8 Å². The van der Waals surface area contributed by atoms with Crippen LogP contribution in [0.15, 0.2) is 22.5 Å².